The van der Waals surface area contributed by atoms with E-state index in [0.29, 0.717) is 5.41 Å². The van der Waals surface area contributed by atoms with Gasteiger partial charge in [0.25, 0.3) is 0 Å². The third-order valence-corrected chi connectivity index (χ3v) is 6.21. The van der Waals surface area contributed by atoms with Crippen molar-refractivity contribution in [1.29, 1.82) is 0 Å². The highest BCUT2D eigenvalue weighted by atomic mass is 32.1. The van der Waals surface area contributed by atoms with E-state index in [0.717, 1.165) is 12.5 Å². The fourth-order valence-electron chi connectivity index (χ4n) is 2.60. The molecule has 102 valence electrons. The molecule has 1 aliphatic rings. The topological polar surface area (TPSA) is 12.0 Å². The molecule has 3 heteroatoms. The molecule has 1 nitrogen and oxygen atoms in total. The summed E-state index contributed by atoms with van der Waals surface area (Å²) in [5.41, 5.74) is 1.98. The van der Waals surface area contributed by atoms with Crippen molar-refractivity contribution in [3.63, 3.8) is 0 Å². The molecule has 0 aliphatic heterocycles. The Bertz CT molecular complexity index is 521. The van der Waals surface area contributed by atoms with Crippen LogP contribution in [0, 0.1) is 11.3 Å². The Morgan fingerprint density at radius 2 is 2.16 bits per heavy atom. The third-order valence-electron chi connectivity index (χ3n) is 4.35. The van der Waals surface area contributed by atoms with Crippen LogP contribution in [0.15, 0.2) is 29.0 Å². The standard InChI is InChI=1S/C16H21NS2/c1-12(2)16(5-6-16)11-17-9-14-8-13(10-19-14)15-4-3-7-18-15/h3-4,7-8,10,12,17H,5-6,9,11H2,1-2H3. The molecule has 1 fully saturated rings. The van der Waals surface area contributed by atoms with Crippen molar-refractivity contribution < 1.29 is 0 Å². The van der Waals surface area contributed by atoms with Crippen LogP contribution in [0.5, 0.6) is 0 Å². The summed E-state index contributed by atoms with van der Waals surface area (Å²) in [5, 5.41) is 8.08. The van der Waals surface area contributed by atoms with Crippen LogP contribution in [0.3, 0.4) is 0 Å². The summed E-state index contributed by atoms with van der Waals surface area (Å²) in [6.07, 6.45) is 2.81. The summed E-state index contributed by atoms with van der Waals surface area (Å²) >= 11 is 3.69. The lowest BCUT2D eigenvalue weighted by atomic mass is 9.92. The maximum absolute atomic E-state index is 3.66. The minimum absolute atomic E-state index is 0.605. The van der Waals surface area contributed by atoms with Crippen LogP contribution in [0.4, 0.5) is 0 Å². The number of nitrogens with one attached hydrogen (secondary N) is 1. The average Bonchev–Trinajstić information content (AvgIpc) is 2.81. The first-order chi connectivity index (χ1) is 9.20. The van der Waals surface area contributed by atoms with E-state index < -0.39 is 0 Å². The molecular formula is C16H21NS2. The summed E-state index contributed by atoms with van der Waals surface area (Å²) in [6, 6.07) is 6.65. The molecule has 2 aromatic rings. The number of hydrogen-bond donors (Lipinski definition) is 1. The minimum Gasteiger partial charge on any atom is -0.311 e. The van der Waals surface area contributed by atoms with Crippen molar-refractivity contribution in [2.45, 2.75) is 33.2 Å². The summed E-state index contributed by atoms with van der Waals surface area (Å²) in [5.74, 6) is 0.810. The number of rotatable bonds is 6. The Hall–Kier alpha value is -0.640. The smallest absolute Gasteiger partial charge is 0.0351 e. The molecule has 2 aromatic heterocycles. The van der Waals surface area contributed by atoms with Crippen molar-refractivity contribution in [3.05, 3.63) is 33.8 Å². The zero-order valence-corrected chi connectivity index (χ0v) is 13.2. The van der Waals surface area contributed by atoms with Crippen molar-refractivity contribution in [2.24, 2.45) is 11.3 Å². The minimum atomic E-state index is 0.605. The first-order valence-electron chi connectivity index (χ1n) is 7.02. The molecular weight excluding hydrogens is 270 g/mol. The monoisotopic (exact) mass is 291 g/mol. The van der Waals surface area contributed by atoms with Crippen LogP contribution in [0.1, 0.15) is 31.6 Å². The lowest BCUT2D eigenvalue weighted by molar-refractivity contribution is 0.338. The molecule has 0 unspecified atom stereocenters. The van der Waals surface area contributed by atoms with Gasteiger partial charge in [-0.25, -0.2) is 0 Å². The fourth-order valence-corrected chi connectivity index (χ4v) is 4.24. The second kappa shape index (κ2) is 5.39. The Balaban J connectivity index is 1.54. The molecule has 1 N–H and O–H groups in total. The predicted molar refractivity (Wildman–Crippen MR) is 85.8 cm³/mol. The van der Waals surface area contributed by atoms with Gasteiger partial charge in [0.05, 0.1) is 0 Å². The van der Waals surface area contributed by atoms with Gasteiger partial charge in [0.2, 0.25) is 0 Å². The molecule has 0 spiro atoms. The van der Waals surface area contributed by atoms with Crippen molar-refractivity contribution >= 4 is 22.7 Å². The van der Waals surface area contributed by atoms with Crippen LogP contribution in [0.2, 0.25) is 0 Å². The second-order valence-corrected chi connectivity index (χ2v) is 7.84. The van der Waals surface area contributed by atoms with E-state index in [1.807, 2.05) is 22.7 Å². The molecule has 0 saturated heterocycles. The summed E-state index contributed by atoms with van der Waals surface area (Å²) in [7, 11) is 0. The highest BCUT2D eigenvalue weighted by molar-refractivity contribution is 7.14. The Morgan fingerprint density at radius 3 is 2.79 bits per heavy atom. The van der Waals surface area contributed by atoms with Crippen LogP contribution in [-0.2, 0) is 6.54 Å². The maximum atomic E-state index is 3.66. The van der Waals surface area contributed by atoms with E-state index in [4.69, 9.17) is 0 Å². The second-order valence-electron chi connectivity index (χ2n) is 5.90. The summed E-state index contributed by atoms with van der Waals surface area (Å²) in [4.78, 5) is 2.83. The zero-order valence-electron chi connectivity index (χ0n) is 11.6. The van der Waals surface area contributed by atoms with Gasteiger partial charge >= 0.3 is 0 Å². The van der Waals surface area contributed by atoms with Gasteiger partial charge in [-0.2, -0.15) is 0 Å². The summed E-state index contributed by atoms with van der Waals surface area (Å²) in [6.45, 7) is 6.91. The lowest BCUT2D eigenvalue weighted by Gasteiger charge is -2.19. The number of hydrogen-bond acceptors (Lipinski definition) is 3. The molecule has 0 bridgehead atoms. The quantitative estimate of drug-likeness (QED) is 0.789. The average molecular weight is 291 g/mol. The zero-order chi connectivity index (χ0) is 13.3. The Morgan fingerprint density at radius 1 is 1.32 bits per heavy atom. The van der Waals surface area contributed by atoms with Gasteiger partial charge in [-0.1, -0.05) is 19.9 Å². The molecule has 0 aromatic carbocycles. The van der Waals surface area contributed by atoms with E-state index in [1.165, 1.54) is 34.7 Å². The molecule has 0 amide bonds. The first kappa shape index (κ1) is 13.3. The molecule has 3 rings (SSSR count). The predicted octanol–water partition coefficient (Wildman–Crippen LogP) is 5.00. The van der Waals surface area contributed by atoms with E-state index in [9.17, 15) is 0 Å². The molecule has 0 radical (unpaired) electrons. The van der Waals surface area contributed by atoms with Gasteiger partial charge in [0.1, 0.15) is 0 Å². The highest BCUT2D eigenvalue weighted by Crippen LogP contribution is 2.51. The molecule has 1 aliphatic carbocycles. The molecule has 2 heterocycles. The third kappa shape index (κ3) is 2.93. The SMILES string of the molecule is CC(C)C1(CNCc2cc(-c3cccs3)cs2)CC1. The van der Waals surface area contributed by atoms with Crippen LogP contribution >= 0.6 is 22.7 Å². The van der Waals surface area contributed by atoms with E-state index in [2.05, 4.69) is 48.1 Å². The van der Waals surface area contributed by atoms with E-state index in [1.54, 1.807) is 0 Å². The van der Waals surface area contributed by atoms with Gasteiger partial charge < -0.3 is 5.32 Å². The van der Waals surface area contributed by atoms with Crippen molar-refractivity contribution in [2.75, 3.05) is 6.54 Å². The van der Waals surface area contributed by atoms with Gasteiger partial charge in [-0.3, -0.25) is 0 Å². The first-order valence-corrected chi connectivity index (χ1v) is 8.78. The maximum Gasteiger partial charge on any atom is 0.0351 e. The van der Waals surface area contributed by atoms with E-state index in [-0.39, 0.29) is 0 Å². The van der Waals surface area contributed by atoms with Gasteiger partial charge in [0.15, 0.2) is 0 Å². The Kier molecular flexibility index (Phi) is 3.79. The lowest BCUT2D eigenvalue weighted by Crippen LogP contribution is -2.26. The van der Waals surface area contributed by atoms with Crippen molar-refractivity contribution in [3.8, 4) is 10.4 Å². The van der Waals surface area contributed by atoms with Crippen molar-refractivity contribution in [1.82, 2.24) is 5.32 Å². The molecule has 1 saturated carbocycles. The van der Waals surface area contributed by atoms with Crippen LogP contribution in [-0.4, -0.2) is 6.54 Å². The van der Waals surface area contributed by atoms with E-state index >= 15 is 0 Å². The normalized spacial score (nSPS) is 17.0. The van der Waals surface area contributed by atoms with Gasteiger partial charge in [-0.15, -0.1) is 22.7 Å². The van der Waals surface area contributed by atoms with Gasteiger partial charge in [-0.05, 0) is 47.1 Å². The number of thiophene rings is 2. The highest BCUT2D eigenvalue weighted by Gasteiger charge is 2.44. The van der Waals surface area contributed by atoms with Gasteiger partial charge in [0, 0.05) is 28.4 Å². The van der Waals surface area contributed by atoms with Crippen LogP contribution < -0.4 is 5.32 Å². The fraction of sp³-hybridized carbons (Fsp3) is 0.500. The largest absolute Gasteiger partial charge is 0.311 e. The summed E-state index contributed by atoms with van der Waals surface area (Å²) < 4.78 is 0. The molecule has 19 heavy (non-hydrogen) atoms. The molecule has 0 atom stereocenters. The van der Waals surface area contributed by atoms with Crippen LogP contribution in [0.25, 0.3) is 10.4 Å². The Labute approximate surface area is 123 Å².